The monoisotopic (exact) mass is 656 g/mol. The Morgan fingerprint density at radius 1 is 0.884 bits per heavy atom. The normalized spacial score (nSPS) is 14.4. The van der Waals surface area contributed by atoms with Gasteiger partial charge in [-0.3, -0.25) is 9.10 Å². The summed E-state index contributed by atoms with van der Waals surface area (Å²) in [7, 11) is -2.38. The molecule has 1 atom stereocenters. The Morgan fingerprint density at radius 3 is 2.23 bits per heavy atom. The molecule has 1 aliphatic heterocycles. The van der Waals surface area contributed by atoms with Gasteiger partial charge in [0.25, 0.3) is 10.0 Å². The van der Waals surface area contributed by atoms with E-state index in [0.717, 1.165) is 46.9 Å². The summed E-state index contributed by atoms with van der Waals surface area (Å²) in [5.41, 5.74) is 3.10. The average molecular weight is 658 g/mol. The van der Waals surface area contributed by atoms with Crippen LogP contribution in [0.25, 0.3) is 11.1 Å². The van der Waals surface area contributed by atoms with Crippen molar-refractivity contribution in [3.05, 3.63) is 112 Å². The van der Waals surface area contributed by atoms with E-state index in [1.807, 2.05) is 30.3 Å². The molecule has 1 aromatic heterocycles. The minimum Gasteiger partial charge on any atom is -0.336 e. The van der Waals surface area contributed by atoms with Crippen molar-refractivity contribution in [3.8, 4) is 11.1 Å². The lowest BCUT2D eigenvalue weighted by atomic mass is 10.00. The molecule has 0 radical (unpaired) electrons. The number of rotatable bonds is 10. The van der Waals surface area contributed by atoms with E-state index >= 15 is 0 Å². The van der Waals surface area contributed by atoms with Gasteiger partial charge in [0.1, 0.15) is 11.7 Å². The maximum absolute atomic E-state index is 14.0. The fraction of sp³-hybridized carbons (Fsp3) is 0.250. The zero-order chi connectivity index (χ0) is 30.6. The molecule has 11 heteroatoms. The van der Waals surface area contributed by atoms with E-state index in [2.05, 4.69) is 9.88 Å². The van der Waals surface area contributed by atoms with E-state index in [1.54, 1.807) is 48.5 Å². The van der Waals surface area contributed by atoms with Crippen molar-refractivity contribution in [1.29, 1.82) is 0 Å². The van der Waals surface area contributed by atoms with Gasteiger partial charge in [0.05, 0.1) is 26.7 Å². The largest absolute Gasteiger partial charge is 0.336 e. The molecule has 2 heterocycles. The highest BCUT2D eigenvalue weighted by Crippen LogP contribution is 2.32. The number of pyridine rings is 1. The Kier molecular flexibility index (Phi) is 9.94. The number of aromatic nitrogens is 1. The molecular weight excluding hydrogens is 627 g/mol. The van der Waals surface area contributed by atoms with Gasteiger partial charge >= 0.3 is 0 Å². The second-order valence-electron chi connectivity index (χ2n) is 10.4. The van der Waals surface area contributed by atoms with E-state index in [9.17, 15) is 13.2 Å². The average Bonchev–Trinajstić information content (AvgIpc) is 3.53. The van der Waals surface area contributed by atoms with Crippen LogP contribution in [0.4, 0.5) is 5.69 Å². The third-order valence-corrected chi connectivity index (χ3v) is 10.4. The molecule has 3 aromatic carbocycles. The molecule has 1 unspecified atom stereocenters. The van der Waals surface area contributed by atoms with E-state index in [1.165, 1.54) is 24.3 Å². The van der Waals surface area contributed by atoms with E-state index in [4.69, 9.17) is 34.8 Å². The van der Waals surface area contributed by atoms with Crippen LogP contribution in [0.2, 0.25) is 15.2 Å². The Bertz CT molecular complexity index is 1680. The maximum atomic E-state index is 14.0. The van der Waals surface area contributed by atoms with Crippen LogP contribution in [0.5, 0.6) is 0 Å². The number of sulfonamides is 1. The fourth-order valence-electron chi connectivity index (χ4n) is 5.22. The molecule has 0 aliphatic carbocycles. The third kappa shape index (κ3) is 7.33. The lowest BCUT2D eigenvalue weighted by molar-refractivity contribution is -0.130. The van der Waals surface area contributed by atoms with Gasteiger partial charge < -0.3 is 9.80 Å². The molecule has 0 N–H and O–H groups in total. The predicted octanol–water partition coefficient (Wildman–Crippen LogP) is 7.20. The second-order valence-corrected chi connectivity index (χ2v) is 13.5. The molecule has 0 bridgehead atoms. The molecule has 1 fully saturated rings. The first-order valence-corrected chi connectivity index (χ1v) is 16.4. The Morgan fingerprint density at radius 2 is 1.58 bits per heavy atom. The second kappa shape index (κ2) is 13.7. The van der Waals surface area contributed by atoms with Crippen molar-refractivity contribution in [2.75, 3.05) is 37.5 Å². The predicted molar refractivity (Wildman–Crippen MR) is 173 cm³/mol. The third-order valence-electron chi connectivity index (χ3n) is 7.65. The van der Waals surface area contributed by atoms with Gasteiger partial charge in [-0.1, -0.05) is 77.3 Å². The van der Waals surface area contributed by atoms with Crippen LogP contribution in [0.15, 0.2) is 96.0 Å². The topological polar surface area (TPSA) is 73.8 Å². The number of carbonyl (C=O) groups excluding carboxylic acids is 1. The first kappa shape index (κ1) is 31.3. The first-order valence-electron chi connectivity index (χ1n) is 13.9. The number of hydrogen-bond acceptors (Lipinski definition) is 5. The molecular formula is C32H31Cl3N4O3S. The highest BCUT2D eigenvalue weighted by Gasteiger charge is 2.32. The van der Waals surface area contributed by atoms with Crippen molar-refractivity contribution >= 4 is 56.4 Å². The summed E-state index contributed by atoms with van der Waals surface area (Å²) in [6, 6.07) is 24.0. The minimum absolute atomic E-state index is 0.0666. The molecule has 0 saturated carbocycles. The number of anilines is 1. The van der Waals surface area contributed by atoms with Crippen molar-refractivity contribution in [1.82, 2.24) is 14.8 Å². The van der Waals surface area contributed by atoms with Crippen molar-refractivity contribution in [2.24, 2.45) is 0 Å². The number of nitrogens with zero attached hydrogens (tertiary/aromatic N) is 4. The van der Waals surface area contributed by atoms with E-state index in [-0.39, 0.29) is 32.6 Å². The van der Waals surface area contributed by atoms with Gasteiger partial charge in [0.2, 0.25) is 5.91 Å². The van der Waals surface area contributed by atoms with E-state index in [0.29, 0.717) is 11.7 Å². The lowest BCUT2D eigenvalue weighted by Gasteiger charge is -2.34. The summed E-state index contributed by atoms with van der Waals surface area (Å²) < 4.78 is 28.8. The summed E-state index contributed by atoms with van der Waals surface area (Å²) in [6.45, 7) is 2.10. The van der Waals surface area contributed by atoms with Crippen molar-refractivity contribution in [3.63, 3.8) is 0 Å². The standard InChI is InChI=1S/C32H31Cl3N4O3S/c1-37(30(21-38-17-5-6-18-38)24-11-9-23(10-12-24)25-15-16-36-31(35)19-25)32(40)22-39(26-13-14-28(33)29(34)20-26)43(41,42)27-7-3-2-4-8-27/h2-4,7-16,19-20,30H,5-6,17-18,21-22H2,1H3. The molecule has 43 heavy (non-hydrogen) atoms. The number of benzene rings is 3. The van der Waals surface area contributed by atoms with Crippen LogP contribution in [-0.2, 0) is 14.8 Å². The lowest BCUT2D eigenvalue weighted by Crippen LogP contribution is -2.45. The van der Waals surface area contributed by atoms with Crippen molar-refractivity contribution < 1.29 is 13.2 Å². The zero-order valence-electron chi connectivity index (χ0n) is 23.5. The first-order chi connectivity index (χ1) is 20.6. The van der Waals surface area contributed by atoms with Crippen LogP contribution in [-0.4, -0.2) is 62.3 Å². The summed E-state index contributed by atoms with van der Waals surface area (Å²) >= 11 is 18.5. The molecule has 1 saturated heterocycles. The summed E-state index contributed by atoms with van der Waals surface area (Å²) in [5, 5.41) is 0.889. The Balaban J connectivity index is 1.46. The highest BCUT2D eigenvalue weighted by molar-refractivity contribution is 7.92. The van der Waals surface area contributed by atoms with Crippen LogP contribution in [0, 0.1) is 0 Å². The smallest absolute Gasteiger partial charge is 0.264 e. The number of amides is 1. The van der Waals surface area contributed by atoms with Gasteiger partial charge in [0, 0.05) is 19.8 Å². The molecule has 0 spiro atoms. The van der Waals surface area contributed by atoms with Gasteiger partial charge in [0.15, 0.2) is 0 Å². The van der Waals surface area contributed by atoms with Crippen LogP contribution in [0.3, 0.4) is 0 Å². The van der Waals surface area contributed by atoms with Crippen LogP contribution < -0.4 is 4.31 Å². The Labute approximate surface area is 267 Å². The summed E-state index contributed by atoms with van der Waals surface area (Å²) in [4.78, 5) is 22.1. The molecule has 1 aliphatic rings. The minimum atomic E-state index is -4.11. The van der Waals surface area contributed by atoms with Crippen molar-refractivity contribution in [2.45, 2.75) is 23.8 Å². The van der Waals surface area contributed by atoms with Gasteiger partial charge in [-0.15, -0.1) is 0 Å². The zero-order valence-corrected chi connectivity index (χ0v) is 26.6. The number of carbonyl (C=O) groups is 1. The highest BCUT2D eigenvalue weighted by atomic mass is 35.5. The van der Waals surface area contributed by atoms with Crippen LogP contribution in [0.1, 0.15) is 24.4 Å². The van der Waals surface area contributed by atoms with Crippen LogP contribution >= 0.6 is 34.8 Å². The van der Waals surface area contributed by atoms with E-state index < -0.39 is 16.6 Å². The number of hydrogen-bond donors (Lipinski definition) is 0. The number of likely N-dealkylation sites (tertiary alicyclic amines) is 1. The number of halogens is 3. The Hall–Kier alpha value is -3.14. The summed E-state index contributed by atoms with van der Waals surface area (Å²) in [6.07, 6.45) is 3.87. The number of likely N-dealkylation sites (N-methyl/N-ethyl adjacent to an activating group) is 1. The molecule has 5 rings (SSSR count). The quantitative estimate of drug-likeness (QED) is 0.169. The fourth-order valence-corrected chi connectivity index (χ4v) is 7.12. The molecule has 1 amide bonds. The summed E-state index contributed by atoms with van der Waals surface area (Å²) in [5.74, 6) is -0.361. The molecule has 4 aromatic rings. The molecule has 224 valence electrons. The SMILES string of the molecule is CN(C(=O)CN(c1ccc(Cl)c(Cl)c1)S(=O)(=O)c1ccccc1)C(CN1CCCC1)c1ccc(-c2ccnc(Cl)c2)cc1. The molecule has 7 nitrogen and oxygen atoms in total. The van der Waals surface area contributed by atoms with Gasteiger partial charge in [-0.05, 0) is 85.1 Å². The van der Waals surface area contributed by atoms with Gasteiger partial charge in [-0.25, -0.2) is 13.4 Å². The van der Waals surface area contributed by atoms with Gasteiger partial charge in [-0.2, -0.15) is 0 Å². The maximum Gasteiger partial charge on any atom is 0.264 e.